The Morgan fingerprint density at radius 2 is 1.69 bits per heavy atom. The standard InChI is InChI=1S/C26H22N4O2/c1-18-24-28-29-25(20-12-6-3-7-13-20)30(24)23-17-21(14-15-22(23)27-18)26(31)32-16-8-11-19-9-4-2-5-10-19/h2-7,9-10,12-15,17H,8,11,16H2,1H3. The Kier molecular flexibility index (Phi) is 5.34. The Morgan fingerprint density at radius 1 is 0.938 bits per heavy atom. The molecule has 0 aliphatic heterocycles. The van der Waals surface area contributed by atoms with Gasteiger partial charge in [-0.05, 0) is 43.5 Å². The fraction of sp³-hybridized carbons (Fsp3) is 0.154. The van der Waals surface area contributed by atoms with Crippen LogP contribution in [0, 0.1) is 6.92 Å². The SMILES string of the molecule is Cc1nc2ccc(C(=O)OCCCc3ccccc3)cc2n2c(-c3ccccc3)nnc12. The molecule has 5 rings (SSSR count). The van der Waals surface area contributed by atoms with Crippen molar-refractivity contribution in [2.24, 2.45) is 0 Å². The average molecular weight is 422 g/mol. The van der Waals surface area contributed by atoms with E-state index in [1.807, 2.05) is 72.0 Å². The van der Waals surface area contributed by atoms with Crippen molar-refractivity contribution in [3.05, 3.63) is 95.7 Å². The summed E-state index contributed by atoms with van der Waals surface area (Å²) in [4.78, 5) is 17.4. The number of benzene rings is 3. The summed E-state index contributed by atoms with van der Waals surface area (Å²) < 4.78 is 7.49. The molecule has 0 bridgehead atoms. The highest BCUT2D eigenvalue weighted by Crippen LogP contribution is 2.25. The van der Waals surface area contributed by atoms with Gasteiger partial charge in [-0.15, -0.1) is 10.2 Å². The zero-order valence-corrected chi connectivity index (χ0v) is 17.7. The van der Waals surface area contributed by atoms with Crippen LogP contribution in [-0.2, 0) is 11.2 Å². The predicted molar refractivity (Wildman–Crippen MR) is 124 cm³/mol. The van der Waals surface area contributed by atoms with Gasteiger partial charge < -0.3 is 4.74 Å². The molecule has 0 saturated carbocycles. The minimum atomic E-state index is -0.344. The van der Waals surface area contributed by atoms with Crippen LogP contribution in [0.25, 0.3) is 28.1 Å². The Hall–Kier alpha value is -4.06. The maximum atomic E-state index is 12.7. The molecule has 0 atom stereocenters. The normalized spacial score (nSPS) is 11.2. The average Bonchev–Trinajstić information content (AvgIpc) is 3.29. The molecule has 0 amide bonds. The second-order valence-electron chi connectivity index (χ2n) is 7.67. The summed E-state index contributed by atoms with van der Waals surface area (Å²) in [5.41, 5.74) is 5.66. The summed E-state index contributed by atoms with van der Waals surface area (Å²) in [7, 11) is 0. The summed E-state index contributed by atoms with van der Waals surface area (Å²) in [6.45, 7) is 2.28. The van der Waals surface area contributed by atoms with Crippen molar-refractivity contribution in [1.82, 2.24) is 19.6 Å². The molecule has 2 aromatic heterocycles. The molecule has 0 fully saturated rings. The molecular formula is C26H22N4O2. The van der Waals surface area contributed by atoms with Gasteiger partial charge in [0.05, 0.1) is 28.9 Å². The van der Waals surface area contributed by atoms with Crippen molar-refractivity contribution in [3.8, 4) is 11.4 Å². The smallest absolute Gasteiger partial charge is 0.338 e. The van der Waals surface area contributed by atoms with E-state index in [9.17, 15) is 4.79 Å². The van der Waals surface area contributed by atoms with Gasteiger partial charge in [0, 0.05) is 5.56 Å². The van der Waals surface area contributed by atoms with E-state index < -0.39 is 0 Å². The summed E-state index contributed by atoms with van der Waals surface area (Å²) in [5, 5.41) is 8.74. The second kappa shape index (κ2) is 8.59. The van der Waals surface area contributed by atoms with Crippen molar-refractivity contribution in [2.45, 2.75) is 19.8 Å². The lowest BCUT2D eigenvalue weighted by molar-refractivity contribution is 0.0501. The summed E-state index contributed by atoms with van der Waals surface area (Å²) >= 11 is 0. The molecule has 0 spiro atoms. The highest BCUT2D eigenvalue weighted by atomic mass is 16.5. The number of hydrogen-bond donors (Lipinski definition) is 0. The molecule has 0 aliphatic rings. The van der Waals surface area contributed by atoms with Crippen LogP contribution in [0.2, 0.25) is 0 Å². The molecule has 158 valence electrons. The van der Waals surface area contributed by atoms with Crippen LogP contribution < -0.4 is 0 Å². The number of esters is 1. The van der Waals surface area contributed by atoms with E-state index >= 15 is 0 Å². The van der Waals surface area contributed by atoms with Gasteiger partial charge in [-0.3, -0.25) is 4.40 Å². The predicted octanol–water partition coefficient (Wildman–Crippen LogP) is 5.04. The zero-order chi connectivity index (χ0) is 21.9. The maximum absolute atomic E-state index is 12.7. The minimum Gasteiger partial charge on any atom is -0.462 e. The van der Waals surface area contributed by atoms with Gasteiger partial charge in [-0.1, -0.05) is 60.7 Å². The highest BCUT2D eigenvalue weighted by molar-refractivity contribution is 5.94. The van der Waals surface area contributed by atoms with E-state index in [0.29, 0.717) is 23.6 Å². The van der Waals surface area contributed by atoms with Crippen LogP contribution in [0.1, 0.15) is 28.0 Å². The molecule has 0 radical (unpaired) electrons. The zero-order valence-electron chi connectivity index (χ0n) is 17.7. The molecule has 0 unspecified atom stereocenters. The fourth-order valence-corrected chi connectivity index (χ4v) is 3.84. The van der Waals surface area contributed by atoms with Crippen LogP contribution in [0.3, 0.4) is 0 Å². The number of hydrogen-bond acceptors (Lipinski definition) is 5. The van der Waals surface area contributed by atoms with Crippen molar-refractivity contribution >= 4 is 22.6 Å². The third-order valence-corrected chi connectivity index (χ3v) is 5.44. The lowest BCUT2D eigenvalue weighted by Crippen LogP contribution is -2.08. The number of carbonyl (C=O) groups excluding carboxylic acids is 1. The molecular weight excluding hydrogens is 400 g/mol. The van der Waals surface area contributed by atoms with Gasteiger partial charge in [0.1, 0.15) is 0 Å². The van der Waals surface area contributed by atoms with Crippen LogP contribution in [0.15, 0.2) is 78.9 Å². The molecule has 0 N–H and O–H groups in total. The van der Waals surface area contributed by atoms with E-state index in [-0.39, 0.29) is 5.97 Å². The van der Waals surface area contributed by atoms with Gasteiger partial charge in [0.2, 0.25) is 0 Å². The lowest BCUT2D eigenvalue weighted by atomic mass is 10.1. The van der Waals surface area contributed by atoms with E-state index in [1.54, 1.807) is 6.07 Å². The third kappa shape index (κ3) is 3.83. The first-order chi connectivity index (χ1) is 15.7. The van der Waals surface area contributed by atoms with Gasteiger partial charge in [-0.2, -0.15) is 0 Å². The second-order valence-corrected chi connectivity index (χ2v) is 7.67. The van der Waals surface area contributed by atoms with E-state index in [0.717, 1.165) is 35.1 Å². The summed E-state index contributed by atoms with van der Waals surface area (Å²) in [6.07, 6.45) is 1.65. The van der Waals surface area contributed by atoms with E-state index in [1.165, 1.54) is 5.56 Å². The lowest BCUT2D eigenvalue weighted by Gasteiger charge is -2.09. The molecule has 0 saturated heterocycles. The van der Waals surface area contributed by atoms with Crippen molar-refractivity contribution in [3.63, 3.8) is 0 Å². The van der Waals surface area contributed by atoms with Crippen LogP contribution >= 0.6 is 0 Å². The summed E-state index contributed by atoms with van der Waals surface area (Å²) in [6, 6.07) is 25.5. The topological polar surface area (TPSA) is 69.4 Å². The minimum absolute atomic E-state index is 0.344. The van der Waals surface area contributed by atoms with Crippen molar-refractivity contribution in [1.29, 1.82) is 0 Å². The monoisotopic (exact) mass is 422 g/mol. The Morgan fingerprint density at radius 3 is 2.47 bits per heavy atom. The molecule has 5 aromatic rings. The van der Waals surface area contributed by atoms with Gasteiger partial charge in [-0.25, -0.2) is 9.78 Å². The van der Waals surface area contributed by atoms with Crippen LogP contribution in [0.4, 0.5) is 0 Å². The largest absolute Gasteiger partial charge is 0.462 e. The molecule has 0 aliphatic carbocycles. The third-order valence-electron chi connectivity index (χ3n) is 5.44. The Bertz CT molecular complexity index is 1400. The molecule has 2 heterocycles. The first-order valence-electron chi connectivity index (χ1n) is 10.6. The first-order valence-corrected chi connectivity index (χ1v) is 10.6. The van der Waals surface area contributed by atoms with Crippen molar-refractivity contribution < 1.29 is 9.53 Å². The molecule has 6 heteroatoms. The number of fused-ring (bicyclic) bond motifs is 3. The van der Waals surface area contributed by atoms with Gasteiger partial charge in [0.25, 0.3) is 0 Å². The Balaban J connectivity index is 1.43. The number of nitrogens with zero attached hydrogens (tertiary/aromatic N) is 4. The molecule has 6 nitrogen and oxygen atoms in total. The molecule has 3 aromatic carbocycles. The van der Waals surface area contributed by atoms with E-state index in [4.69, 9.17) is 4.74 Å². The quantitative estimate of drug-likeness (QED) is 0.283. The number of carbonyl (C=O) groups is 1. The van der Waals surface area contributed by atoms with E-state index in [2.05, 4.69) is 27.3 Å². The van der Waals surface area contributed by atoms with Gasteiger partial charge in [0.15, 0.2) is 11.5 Å². The summed E-state index contributed by atoms with van der Waals surface area (Å²) in [5.74, 6) is 0.368. The first kappa shape index (κ1) is 19.9. The number of rotatable bonds is 6. The maximum Gasteiger partial charge on any atom is 0.338 e. The number of ether oxygens (including phenoxy) is 1. The number of aromatic nitrogens is 4. The number of aryl methyl sites for hydroxylation is 2. The van der Waals surface area contributed by atoms with Gasteiger partial charge >= 0.3 is 5.97 Å². The van der Waals surface area contributed by atoms with Crippen LogP contribution in [-0.4, -0.2) is 32.2 Å². The molecule has 32 heavy (non-hydrogen) atoms. The van der Waals surface area contributed by atoms with Crippen molar-refractivity contribution in [2.75, 3.05) is 6.61 Å². The Labute approximate surface area is 185 Å². The fourth-order valence-electron chi connectivity index (χ4n) is 3.84. The highest BCUT2D eigenvalue weighted by Gasteiger charge is 2.16. The van der Waals surface area contributed by atoms with Crippen LogP contribution in [0.5, 0.6) is 0 Å².